The van der Waals surface area contributed by atoms with Crippen molar-refractivity contribution in [1.29, 1.82) is 0 Å². The number of non-ortho nitro benzene ring substituents is 1. The van der Waals surface area contributed by atoms with E-state index in [1.165, 1.54) is 5.56 Å². The molecule has 6 heteroatoms. The zero-order chi connectivity index (χ0) is 19.5. The van der Waals surface area contributed by atoms with Crippen molar-refractivity contribution in [1.82, 2.24) is 9.88 Å². The van der Waals surface area contributed by atoms with Gasteiger partial charge in [-0.1, -0.05) is 18.2 Å². The number of piperidine rings is 1. The number of rotatable bonds is 2. The van der Waals surface area contributed by atoms with E-state index in [2.05, 4.69) is 23.0 Å². The van der Waals surface area contributed by atoms with Crippen LogP contribution in [0.25, 0.3) is 10.9 Å². The number of aromatic amines is 1. The highest BCUT2D eigenvalue weighted by molar-refractivity contribution is 5.93. The molecule has 0 saturated carbocycles. The maximum Gasteiger partial charge on any atom is 0.279 e. The first kappa shape index (κ1) is 17.3. The predicted molar refractivity (Wildman–Crippen MR) is 108 cm³/mol. The van der Waals surface area contributed by atoms with E-state index < -0.39 is 0 Å². The normalized spacial score (nSPS) is 24.7. The van der Waals surface area contributed by atoms with Gasteiger partial charge < -0.3 is 15.0 Å². The third kappa shape index (κ3) is 2.44. The Morgan fingerprint density at radius 3 is 2.89 bits per heavy atom. The Labute approximate surface area is 162 Å². The molecule has 5 rings (SSSR count). The van der Waals surface area contributed by atoms with E-state index in [0.717, 1.165) is 54.5 Å². The van der Waals surface area contributed by atoms with Crippen LogP contribution in [0.3, 0.4) is 0 Å². The molecular formula is C22H23N3O3. The van der Waals surface area contributed by atoms with Gasteiger partial charge in [0, 0.05) is 23.7 Å². The molecule has 0 bridgehead atoms. The molecule has 1 saturated heterocycles. The molecule has 144 valence electrons. The van der Waals surface area contributed by atoms with E-state index in [1.54, 1.807) is 18.2 Å². The lowest BCUT2D eigenvalue weighted by atomic mass is 9.59. The summed E-state index contributed by atoms with van der Waals surface area (Å²) in [7, 11) is 2.14. The number of phenols is 1. The first-order chi connectivity index (χ1) is 13.5. The van der Waals surface area contributed by atoms with Gasteiger partial charge in [-0.3, -0.25) is 10.1 Å². The molecule has 2 heterocycles. The number of likely N-dealkylation sites (tertiary alicyclic amines) is 1. The molecule has 2 aliphatic rings. The molecule has 0 spiro atoms. The average molecular weight is 377 g/mol. The summed E-state index contributed by atoms with van der Waals surface area (Å²) in [6.45, 7) is 1.95. The number of aromatic hydroxyl groups is 1. The minimum Gasteiger partial charge on any atom is -0.508 e. The van der Waals surface area contributed by atoms with Crippen LogP contribution in [0, 0.1) is 16.0 Å². The monoisotopic (exact) mass is 377 g/mol. The molecule has 0 amide bonds. The molecule has 2 aromatic carbocycles. The van der Waals surface area contributed by atoms with Crippen LogP contribution in [0.15, 0.2) is 42.5 Å². The van der Waals surface area contributed by atoms with Crippen molar-refractivity contribution in [2.75, 3.05) is 20.1 Å². The lowest BCUT2D eigenvalue weighted by molar-refractivity contribution is -0.383. The Bertz CT molecular complexity index is 1090. The number of benzene rings is 2. The number of nitro groups is 1. The molecule has 1 fully saturated rings. The van der Waals surface area contributed by atoms with Crippen LogP contribution in [-0.4, -0.2) is 40.1 Å². The van der Waals surface area contributed by atoms with E-state index in [1.807, 2.05) is 18.2 Å². The Morgan fingerprint density at radius 2 is 2.11 bits per heavy atom. The highest BCUT2D eigenvalue weighted by atomic mass is 16.6. The third-order valence-electron chi connectivity index (χ3n) is 6.81. The molecule has 3 aromatic rings. The van der Waals surface area contributed by atoms with Crippen molar-refractivity contribution in [3.8, 4) is 5.75 Å². The van der Waals surface area contributed by atoms with E-state index >= 15 is 0 Å². The second kappa shape index (κ2) is 6.07. The van der Waals surface area contributed by atoms with Crippen LogP contribution in [0.1, 0.15) is 23.2 Å². The van der Waals surface area contributed by atoms with Gasteiger partial charge in [-0.05, 0) is 68.1 Å². The fourth-order valence-corrected chi connectivity index (χ4v) is 5.47. The van der Waals surface area contributed by atoms with Crippen molar-refractivity contribution in [2.24, 2.45) is 5.92 Å². The van der Waals surface area contributed by atoms with Gasteiger partial charge in [-0.15, -0.1) is 0 Å². The van der Waals surface area contributed by atoms with Gasteiger partial charge in [0.05, 0.1) is 15.8 Å². The molecule has 6 nitrogen and oxygen atoms in total. The maximum absolute atomic E-state index is 11.6. The Kier molecular flexibility index (Phi) is 3.74. The number of hydrogen-bond acceptors (Lipinski definition) is 4. The number of aromatic nitrogens is 1. The molecule has 2 atom stereocenters. The van der Waals surface area contributed by atoms with Gasteiger partial charge in [0.2, 0.25) is 0 Å². The summed E-state index contributed by atoms with van der Waals surface area (Å²) in [6, 6.07) is 12.9. The van der Waals surface area contributed by atoms with Gasteiger partial charge in [0.1, 0.15) is 5.75 Å². The number of fused-ring (bicyclic) bond motifs is 4. The Hall–Kier alpha value is -2.86. The van der Waals surface area contributed by atoms with Crippen molar-refractivity contribution < 1.29 is 10.0 Å². The van der Waals surface area contributed by atoms with Crippen LogP contribution in [-0.2, 0) is 18.3 Å². The summed E-state index contributed by atoms with van der Waals surface area (Å²) in [4.78, 5) is 17.2. The van der Waals surface area contributed by atoms with Gasteiger partial charge in [0.15, 0.2) is 0 Å². The fourth-order valence-electron chi connectivity index (χ4n) is 5.47. The maximum atomic E-state index is 11.6. The molecule has 0 radical (unpaired) electrons. The van der Waals surface area contributed by atoms with Crippen LogP contribution < -0.4 is 0 Å². The Morgan fingerprint density at radius 1 is 1.29 bits per heavy atom. The summed E-state index contributed by atoms with van der Waals surface area (Å²) in [6.07, 6.45) is 2.63. The lowest BCUT2D eigenvalue weighted by Crippen LogP contribution is -2.52. The minimum atomic E-state index is -0.277. The number of nitro benzene ring substituents is 1. The number of hydrogen-bond donors (Lipinski definition) is 2. The summed E-state index contributed by atoms with van der Waals surface area (Å²) >= 11 is 0. The molecule has 1 aliphatic heterocycles. The topological polar surface area (TPSA) is 82.4 Å². The predicted octanol–water partition coefficient (Wildman–Crippen LogP) is 3.77. The number of phenolic OH excluding ortho intramolecular Hbond substituents is 1. The van der Waals surface area contributed by atoms with Crippen molar-refractivity contribution >= 4 is 16.6 Å². The third-order valence-corrected chi connectivity index (χ3v) is 6.81. The van der Waals surface area contributed by atoms with Crippen molar-refractivity contribution in [2.45, 2.75) is 24.7 Å². The number of nitrogens with zero attached hydrogens (tertiary/aromatic N) is 2. The molecule has 1 aromatic heterocycles. The van der Waals surface area contributed by atoms with Crippen molar-refractivity contribution in [3.63, 3.8) is 0 Å². The number of nitrogens with one attached hydrogen (secondary N) is 1. The van der Waals surface area contributed by atoms with Gasteiger partial charge in [-0.25, -0.2) is 0 Å². The first-order valence-electron chi connectivity index (χ1n) is 9.73. The van der Waals surface area contributed by atoms with Gasteiger partial charge >= 0.3 is 0 Å². The average Bonchev–Trinajstić information content (AvgIpc) is 3.03. The number of H-pyrrole nitrogens is 1. The summed E-state index contributed by atoms with van der Waals surface area (Å²) < 4.78 is 0. The second-order valence-electron chi connectivity index (χ2n) is 8.34. The smallest absolute Gasteiger partial charge is 0.279 e. The van der Waals surface area contributed by atoms with Gasteiger partial charge in [-0.2, -0.15) is 0 Å². The summed E-state index contributed by atoms with van der Waals surface area (Å²) in [5.74, 6) is 0.641. The van der Waals surface area contributed by atoms with Crippen LogP contribution in [0.2, 0.25) is 0 Å². The standard InChI is InChI=1S/C22H23N3O3/c1-24-9-8-22(14-4-2-5-16(26)10-14)12-19-17(11-15(22)13-24)21-18(23-19)6-3-7-20(21)25(27)28/h2-7,10,15,23,26H,8-9,11-13H2,1H3. The fraction of sp³-hybridized carbons (Fsp3) is 0.364. The van der Waals surface area contributed by atoms with E-state index in [0.29, 0.717) is 11.7 Å². The van der Waals surface area contributed by atoms with E-state index in [-0.39, 0.29) is 16.0 Å². The second-order valence-corrected chi connectivity index (χ2v) is 8.34. The van der Waals surface area contributed by atoms with Crippen LogP contribution in [0.4, 0.5) is 5.69 Å². The van der Waals surface area contributed by atoms with Gasteiger partial charge in [0.25, 0.3) is 5.69 Å². The van der Waals surface area contributed by atoms with Crippen LogP contribution in [0.5, 0.6) is 5.75 Å². The largest absolute Gasteiger partial charge is 0.508 e. The highest BCUT2D eigenvalue weighted by Crippen LogP contribution is 2.50. The minimum absolute atomic E-state index is 0.0616. The van der Waals surface area contributed by atoms with Crippen molar-refractivity contribution in [3.05, 3.63) is 69.4 Å². The van der Waals surface area contributed by atoms with E-state index in [4.69, 9.17) is 0 Å². The molecular weight excluding hydrogens is 354 g/mol. The molecule has 1 aliphatic carbocycles. The molecule has 28 heavy (non-hydrogen) atoms. The Balaban J connectivity index is 1.70. The summed E-state index contributed by atoms with van der Waals surface area (Å²) in [5, 5.41) is 22.5. The highest BCUT2D eigenvalue weighted by Gasteiger charge is 2.48. The summed E-state index contributed by atoms with van der Waals surface area (Å²) in [5.41, 5.74) is 4.34. The first-order valence-corrected chi connectivity index (χ1v) is 9.73. The molecule has 2 N–H and O–H groups in total. The quantitative estimate of drug-likeness (QED) is 0.526. The SMILES string of the molecule is CN1CCC2(c3cccc(O)c3)Cc3[nH]c4cccc([N+](=O)[O-])c4c3CC2C1. The van der Waals surface area contributed by atoms with E-state index in [9.17, 15) is 15.2 Å². The molecule has 2 unspecified atom stereocenters. The lowest BCUT2D eigenvalue weighted by Gasteiger charge is -2.50. The van der Waals surface area contributed by atoms with Crippen LogP contribution >= 0.6 is 0 Å². The zero-order valence-electron chi connectivity index (χ0n) is 15.8. The zero-order valence-corrected chi connectivity index (χ0v) is 15.8.